The van der Waals surface area contributed by atoms with Gasteiger partial charge < -0.3 is 0 Å². The fourth-order valence-electron chi connectivity index (χ4n) is 3.11. The van der Waals surface area contributed by atoms with Gasteiger partial charge in [0.2, 0.25) is 0 Å². The summed E-state index contributed by atoms with van der Waals surface area (Å²) >= 11 is 6.09. The van der Waals surface area contributed by atoms with Crippen molar-refractivity contribution < 1.29 is 4.39 Å². The lowest BCUT2D eigenvalue weighted by atomic mass is 10.1. The van der Waals surface area contributed by atoms with Gasteiger partial charge in [-0.25, -0.2) is 9.37 Å². The molecule has 0 bridgehead atoms. The van der Waals surface area contributed by atoms with E-state index in [1.54, 1.807) is 41.0 Å². The first kappa shape index (κ1) is 18.1. The normalized spacial score (nSPS) is 11.4. The van der Waals surface area contributed by atoms with Crippen LogP contribution >= 0.6 is 11.6 Å². The standard InChI is InChI=1S/C23H16ClFN2O/c1-15-14-17(24)9-12-21(15)27-22(13-8-16-6-10-18(25)11-7-16)26-20-5-3-2-4-19(20)23(27)28/h2-14H,1H3/b13-8-. The Bertz CT molecular complexity index is 1260. The van der Waals surface area contributed by atoms with E-state index < -0.39 is 0 Å². The largest absolute Gasteiger partial charge is 0.268 e. The van der Waals surface area contributed by atoms with E-state index in [9.17, 15) is 9.18 Å². The number of para-hydroxylation sites is 1. The lowest BCUT2D eigenvalue weighted by Crippen LogP contribution is -2.23. The molecule has 0 radical (unpaired) electrons. The number of nitrogens with zero attached hydrogens (tertiary/aromatic N) is 2. The number of aryl methyl sites for hydroxylation is 1. The first-order chi connectivity index (χ1) is 13.5. The van der Waals surface area contributed by atoms with Crippen LogP contribution in [0.1, 0.15) is 17.0 Å². The highest BCUT2D eigenvalue weighted by Gasteiger charge is 2.13. The summed E-state index contributed by atoms with van der Waals surface area (Å²) in [6.45, 7) is 1.90. The number of halogens is 2. The zero-order valence-electron chi connectivity index (χ0n) is 15.1. The molecule has 28 heavy (non-hydrogen) atoms. The van der Waals surface area contributed by atoms with Crippen LogP contribution < -0.4 is 5.56 Å². The van der Waals surface area contributed by atoms with Crippen LogP contribution in [0.15, 0.2) is 71.5 Å². The van der Waals surface area contributed by atoms with Gasteiger partial charge in [0.05, 0.1) is 16.6 Å². The average molecular weight is 391 g/mol. The van der Waals surface area contributed by atoms with E-state index in [2.05, 4.69) is 4.98 Å². The maximum Gasteiger partial charge on any atom is 0.266 e. The van der Waals surface area contributed by atoms with E-state index in [0.717, 1.165) is 11.1 Å². The minimum absolute atomic E-state index is 0.158. The highest BCUT2D eigenvalue weighted by Crippen LogP contribution is 2.21. The highest BCUT2D eigenvalue weighted by molar-refractivity contribution is 6.30. The molecule has 1 heterocycles. The molecule has 0 fully saturated rings. The van der Waals surface area contributed by atoms with Gasteiger partial charge in [-0.1, -0.05) is 41.9 Å². The molecule has 0 amide bonds. The summed E-state index contributed by atoms with van der Waals surface area (Å²) in [4.78, 5) is 17.9. The Morgan fingerprint density at radius 1 is 1.00 bits per heavy atom. The second-order valence-corrected chi connectivity index (χ2v) is 6.88. The number of aromatic nitrogens is 2. The van der Waals surface area contributed by atoms with Gasteiger partial charge in [-0.2, -0.15) is 0 Å². The predicted octanol–water partition coefficient (Wildman–Crippen LogP) is 5.66. The van der Waals surface area contributed by atoms with E-state index in [-0.39, 0.29) is 11.4 Å². The minimum atomic E-state index is -0.297. The molecule has 1 aromatic heterocycles. The minimum Gasteiger partial charge on any atom is -0.268 e. The van der Waals surface area contributed by atoms with Gasteiger partial charge in [-0.3, -0.25) is 9.36 Å². The molecule has 0 saturated carbocycles. The zero-order valence-corrected chi connectivity index (χ0v) is 15.8. The Morgan fingerprint density at radius 2 is 1.75 bits per heavy atom. The van der Waals surface area contributed by atoms with Crippen LogP contribution in [0.25, 0.3) is 28.7 Å². The Hall–Kier alpha value is -3.24. The molecular formula is C23H16ClFN2O. The van der Waals surface area contributed by atoms with Crippen LogP contribution in [0.3, 0.4) is 0 Å². The number of hydrogen-bond acceptors (Lipinski definition) is 2. The summed E-state index contributed by atoms with van der Waals surface area (Å²) in [5.74, 6) is 0.188. The summed E-state index contributed by atoms with van der Waals surface area (Å²) < 4.78 is 14.7. The van der Waals surface area contributed by atoms with E-state index in [1.165, 1.54) is 12.1 Å². The molecule has 0 aliphatic carbocycles. The average Bonchev–Trinajstić information content (AvgIpc) is 2.69. The molecule has 0 saturated heterocycles. The Kier molecular flexibility index (Phi) is 4.80. The first-order valence-electron chi connectivity index (χ1n) is 8.75. The first-order valence-corrected chi connectivity index (χ1v) is 9.13. The van der Waals surface area contributed by atoms with Crippen molar-refractivity contribution in [3.05, 3.63) is 105 Å². The molecule has 5 heteroatoms. The van der Waals surface area contributed by atoms with Crippen molar-refractivity contribution in [2.75, 3.05) is 0 Å². The monoisotopic (exact) mass is 390 g/mol. The van der Waals surface area contributed by atoms with Crippen molar-refractivity contribution in [3.8, 4) is 5.69 Å². The second kappa shape index (κ2) is 7.41. The Morgan fingerprint density at radius 3 is 2.50 bits per heavy atom. The molecule has 3 nitrogen and oxygen atoms in total. The van der Waals surface area contributed by atoms with Crippen molar-refractivity contribution in [1.29, 1.82) is 0 Å². The third-order valence-electron chi connectivity index (χ3n) is 4.50. The fourth-order valence-corrected chi connectivity index (χ4v) is 3.34. The quantitative estimate of drug-likeness (QED) is 0.452. The van der Waals surface area contributed by atoms with Crippen LogP contribution in [0.4, 0.5) is 4.39 Å². The van der Waals surface area contributed by atoms with E-state index in [0.29, 0.717) is 27.4 Å². The second-order valence-electron chi connectivity index (χ2n) is 6.44. The topological polar surface area (TPSA) is 34.9 Å². The predicted molar refractivity (Wildman–Crippen MR) is 112 cm³/mol. The SMILES string of the molecule is Cc1cc(Cl)ccc1-n1c(/C=C\c2ccc(F)cc2)nc2ccccc2c1=O. The lowest BCUT2D eigenvalue weighted by Gasteiger charge is -2.14. The van der Waals surface area contributed by atoms with Crippen molar-refractivity contribution >= 4 is 34.7 Å². The summed E-state index contributed by atoms with van der Waals surface area (Å²) in [5.41, 5.74) is 2.85. The number of rotatable bonds is 3. The Labute approximate surface area is 166 Å². The van der Waals surface area contributed by atoms with E-state index in [4.69, 9.17) is 11.6 Å². The lowest BCUT2D eigenvalue weighted by molar-refractivity contribution is 0.628. The van der Waals surface area contributed by atoms with E-state index in [1.807, 2.05) is 37.3 Å². The molecule has 0 atom stereocenters. The molecule has 0 aliphatic rings. The van der Waals surface area contributed by atoms with Gasteiger partial charge in [0.25, 0.3) is 5.56 Å². The molecule has 0 aliphatic heterocycles. The van der Waals surface area contributed by atoms with Crippen LogP contribution in [0.5, 0.6) is 0 Å². The zero-order chi connectivity index (χ0) is 19.7. The molecule has 138 valence electrons. The summed E-state index contributed by atoms with van der Waals surface area (Å²) in [5, 5.41) is 1.14. The van der Waals surface area contributed by atoms with Crippen LogP contribution in [-0.2, 0) is 0 Å². The van der Waals surface area contributed by atoms with Crippen LogP contribution in [0, 0.1) is 12.7 Å². The molecule has 4 rings (SSSR count). The third-order valence-corrected chi connectivity index (χ3v) is 4.73. The summed E-state index contributed by atoms with van der Waals surface area (Å²) in [6, 6.07) is 18.7. The van der Waals surface area contributed by atoms with Gasteiger partial charge >= 0.3 is 0 Å². The van der Waals surface area contributed by atoms with Gasteiger partial charge in [0.1, 0.15) is 11.6 Å². The van der Waals surface area contributed by atoms with Gasteiger partial charge in [-0.05, 0) is 66.6 Å². The molecule has 0 unspecified atom stereocenters. The number of hydrogen-bond donors (Lipinski definition) is 0. The molecule has 3 aromatic carbocycles. The van der Waals surface area contributed by atoms with Crippen LogP contribution in [0.2, 0.25) is 5.02 Å². The smallest absolute Gasteiger partial charge is 0.266 e. The highest BCUT2D eigenvalue weighted by atomic mass is 35.5. The van der Waals surface area contributed by atoms with Gasteiger partial charge in [-0.15, -0.1) is 0 Å². The van der Waals surface area contributed by atoms with Gasteiger partial charge in [0.15, 0.2) is 0 Å². The molecular weight excluding hydrogens is 375 g/mol. The molecule has 0 spiro atoms. The summed E-state index contributed by atoms with van der Waals surface area (Å²) in [6.07, 6.45) is 3.56. The van der Waals surface area contributed by atoms with Crippen molar-refractivity contribution in [1.82, 2.24) is 9.55 Å². The molecule has 0 N–H and O–H groups in total. The summed E-state index contributed by atoms with van der Waals surface area (Å²) in [7, 11) is 0. The number of fused-ring (bicyclic) bond motifs is 1. The van der Waals surface area contributed by atoms with Crippen molar-refractivity contribution in [2.45, 2.75) is 6.92 Å². The van der Waals surface area contributed by atoms with Crippen molar-refractivity contribution in [3.63, 3.8) is 0 Å². The maximum atomic E-state index is 13.2. The van der Waals surface area contributed by atoms with Crippen LogP contribution in [-0.4, -0.2) is 9.55 Å². The maximum absolute atomic E-state index is 13.2. The van der Waals surface area contributed by atoms with Crippen molar-refractivity contribution in [2.24, 2.45) is 0 Å². The van der Waals surface area contributed by atoms with E-state index >= 15 is 0 Å². The third kappa shape index (κ3) is 3.47. The molecule has 4 aromatic rings. The van der Waals surface area contributed by atoms with Gasteiger partial charge in [0, 0.05) is 5.02 Å². The number of benzene rings is 3. The Balaban J connectivity index is 1.95. The fraction of sp³-hybridized carbons (Fsp3) is 0.0435.